The summed E-state index contributed by atoms with van der Waals surface area (Å²) in [7, 11) is 3.08. The number of rotatable bonds is 8. The van der Waals surface area contributed by atoms with E-state index in [9.17, 15) is 4.79 Å². The van der Waals surface area contributed by atoms with Crippen molar-refractivity contribution in [3.05, 3.63) is 23.8 Å². The molecule has 1 rings (SSSR count). The van der Waals surface area contributed by atoms with Crippen molar-refractivity contribution < 1.29 is 14.3 Å². The molecule has 0 atom stereocenters. The van der Waals surface area contributed by atoms with E-state index < -0.39 is 0 Å². The number of hydrogen-bond donors (Lipinski definition) is 2. The van der Waals surface area contributed by atoms with Crippen molar-refractivity contribution in [2.75, 3.05) is 33.9 Å². The minimum Gasteiger partial charge on any atom is -0.493 e. The molecule has 1 aromatic carbocycles. The van der Waals surface area contributed by atoms with Crippen LogP contribution in [0.4, 0.5) is 0 Å². The molecule has 19 heavy (non-hydrogen) atoms. The highest BCUT2D eigenvalue weighted by molar-refractivity contribution is 5.97. The number of amides is 1. The van der Waals surface area contributed by atoms with Crippen LogP contribution in [0.5, 0.6) is 11.5 Å². The van der Waals surface area contributed by atoms with E-state index in [2.05, 4.69) is 17.6 Å². The maximum Gasteiger partial charge on any atom is 0.255 e. The number of ether oxygens (including phenoxy) is 2. The van der Waals surface area contributed by atoms with Crippen LogP contribution in [-0.2, 0) is 0 Å². The van der Waals surface area contributed by atoms with Crippen LogP contribution >= 0.6 is 0 Å². The first-order valence-electron chi connectivity index (χ1n) is 6.44. The third-order valence-electron chi connectivity index (χ3n) is 2.71. The molecule has 0 saturated heterocycles. The summed E-state index contributed by atoms with van der Waals surface area (Å²) in [6.07, 6.45) is 0.895. The molecule has 0 aromatic heterocycles. The zero-order valence-electron chi connectivity index (χ0n) is 11.8. The Hall–Kier alpha value is -1.75. The first kappa shape index (κ1) is 15.3. The molecule has 1 amide bonds. The number of benzene rings is 1. The second kappa shape index (κ2) is 8.37. The van der Waals surface area contributed by atoms with Crippen LogP contribution in [0.25, 0.3) is 0 Å². The molecule has 5 nitrogen and oxygen atoms in total. The van der Waals surface area contributed by atoms with E-state index in [0.29, 0.717) is 23.6 Å². The van der Waals surface area contributed by atoms with Crippen LogP contribution in [-0.4, -0.2) is 39.8 Å². The monoisotopic (exact) mass is 266 g/mol. The van der Waals surface area contributed by atoms with E-state index in [1.165, 1.54) is 7.11 Å². The van der Waals surface area contributed by atoms with E-state index in [1.807, 2.05) is 0 Å². The van der Waals surface area contributed by atoms with E-state index in [1.54, 1.807) is 25.3 Å². The average molecular weight is 266 g/mol. The van der Waals surface area contributed by atoms with Crippen LogP contribution in [0.3, 0.4) is 0 Å². The van der Waals surface area contributed by atoms with E-state index in [4.69, 9.17) is 9.47 Å². The molecule has 0 heterocycles. The van der Waals surface area contributed by atoms with Crippen LogP contribution < -0.4 is 20.1 Å². The third kappa shape index (κ3) is 4.44. The van der Waals surface area contributed by atoms with Gasteiger partial charge in [-0.05, 0) is 31.6 Å². The van der Waals surface area contributed by atoms with Crippen LogP contribution in [0, 0.1) is 0 Å². The highest BCUT2D eigenvalue weighted by Gasteiger charge is 2.15. The summed E-state index contributed by atoms with van der Waals surface area (Å²) in [6, 6.07) is 5.26. The average Bonchev–Trinajstić information content (AvgIpc) is 2.45. The molecule has 0 saturated carbocycles. The van der Waals surface area contributed by atoms with Gasteiger partial charge < -0.3 is 20.1 Å². The molecule has 1 aromatic rings. The fourth-order valence-electron chi connectivity index (χ4n) is 1.75. The van der Waals surface area contributed by atoms with Crippen LogP contribution in [0.2, 0.25) is 0 Å². The van der Waals surface area contributed by atoms with Gasteiger partial charge in [-0.1, -0.05) is 13.0 Å². The molecular weight excluding hydrogens is 244 g/mol. The Morgan fingerprint density at radius 3 is 2.63 bits per heavy atom. The zero-order chi connectivity index (χ0) is 14.1. The lowest BCUT2D eigenvalue weighted by Crippen LogP contribution is -2.27. The predicted octanol–water partition coefficient (Wildman–Crippen LogP) is 1.43. The molecular formula is C14H22N2O3. The zero-order valence-corrected chi connectivity index (χ0v) is 11.8. The minimum absolute atomic E-state index is 0.146. The first-order valence-corrected chi connectivity index (χ1v) is 6.44. The van der Waals surface area contributed by atoms with Gasteiger partial charge in [-0.25, -0.2) is 0 Å². The predicted molar refractivity (Wildman–Crippen MR) is 75.0 cm³/mol. The van der Waals surface area contributed by atoms with Gasteiger partial charge in [0.25, 0.3) is 5.91 Å². The summed E-state index contributed by atoms with van der Waals surface area (Å²) in [4.78, 5) is 12.1. The molecule has 0 aliphatic carbocycles. The quantitative estimate of drug-likeness (QED) is 0.699. The Morgan fingerprint density at radius 2 is 2.00 bits per heavy atom. The van der Waals surface area contributed by atoms with Crippen LogP contribution in [0.15, 0.2) is 18.2 Å². The fourth-order valence-corrected chi connectivity index (χ4v) is 1.75. The van der Waals surface area contributed by atoms with Gasteiger partial charge in [0, 0.05) is 6.54 Å². The van der Waals surface area contributed by atoms with Gasteiger partial charge in [-0.2, -0.15) is 0 Å². The summed E-state index contributed by atoms with van der Waals surface area (Å²) in [6.45, 7) is 4.52. The fraction of sp³-hybridized carbons (Fsp3) is 0.500. The summed E-state index contributed by atoms with van der Waals surface area (Å²) < 4.78 is 10.4. The van der Waals surface area contributed by atoms with Gasteiger partial charge in [0.1, 0.15) is 0 Å². The summed E-state index contributed by atoms with van der Waals surface area (Å²) in [5, 5.41) is 6.08. The van der Waals surface area contributed by atoms with Crippen molar-refractivity contribution in [1.82, 2.24) is 10.6 Å². The van der Waals surface area contributed by atoms with Crippen molar-refractivity contribution >= 4 is 5.91 Å². The Balaban J connectivity index is 2.61. The normalized spacial score (nSPS) is 10.1. The molecule has 5 heteroatoms. The first-order chi connectivity index (χ1) is 9.24. The SMILES string of the molecule is CCNCCCNC(=O)c1cccc(OC)c1OC. The number of carbonyl (C=O) groups is 1. The van der Waals surface area contributed by atoms with Crippen LogP contribution in [0.1, 0.15) is 23.7 Å². The highest BCUT2D eigenvalue weighted by atomic mass is 16.5. The van der Waals surface area contributed by atoms with Crippen molar-refractivity contribution in [2.45, 2.75) is 13.3 Å². The molecule has 0 fully saturated rings. The third-order valence-corrected chi connectivity index (χ3v) is 2.71. The number of methoxy groups -OCH3 is 2. The molecule has 106 valence electrons. The second-order valence-electron chi connectivity index (χ2n) is 4.00. The Bertz CT molecular complexity index is 408. The van der Waals surface area contributed by atoms with Crippen molar-refractivity contribution in [3.8, 4) is 11.5 Å². The van der Waals surface area contributed by atoms with Crippen molar-refractivity contribution in [2.24, 2.45) is 0 Å². The Morgan fingerprint density at radius 1 is 1.21 bits per heavy atom. The van der Waals surface area contributed by atoms with E-state index in [0.717, 1.165) is 19.5 Å². The van der Waals surface area contributed by atoms with Gasteiger partial charge >= 0.3 is 0 Å². The lowest BCUT2D eigenvalue weighted by Gasteiger charge is -2.12. The van der Waals surface area contributed by atoms with Gasteiger partial charge in [-0.15, -0.1) is 0 Å². The maximum atomic E-state index is 12.1. The van der Waals surface area contributed by atoms with E-state index >= 15 is 0 Å². The van der Waals surface area contributed by atoms with E-state index in [-0.39, 0.29) is 5.91 Å². The van der Waals surface area contributed by atoms with Gasteiger partial charge in [-0.3, -0.25) is 4.79 Å². The van der Waals surface area contributed by atoms with Crippen molar-refractivity contribution in [3.63, 3.8) is 0 Å². The standard InChI is InChI=1S/C14H22N2O3/c1-4-15-9-6-10-16-14(17)11-7-5-8-12(18-2)13(11)19-3/h5,7-8,15H,4,6,9-10H2,1-3H3,(H,16,17). The lowest BCUT2D eigenvalue weighted by atomic mass is 10.1. The smallest absolute Gasteiger partial charge is 0.255 e. The molecule has 0 spiro atoms. The summed E-state index contributed by atoms with van der Waals surface area (Å²) >= 11 is 0. The maximum absolute atomic E-state index is 12.1. The van der Waals surface area contributed by atoms with Crippen molar-refractivity contribution in [1.29, 1.82) is 0 Å². The van der Waals surface area contributed by atoms with Gasteiger partial charge in [0.15, 0.2) is 11.5 Å². The number of hydrogen-bond acceptors (Lipinski definition) is 4. The molecule has 0 radical (unpaired) electrons. The topological polar surface area (TPSA) is 59.6 Å². The summed E-state index contributed by atoms with van der Waals surface area (Å²) in [5.74, 6) is 0.879. The van der Waals surface area contributed by atoms with Gasteiger partial charge in [0.05, 0.1) is 19.8 Å². The molecule has 0 bridgehead atoms. The Labute approximate surface area is 114 Å². The molecule has 0 unspecified atom stereocenters. The largest absolute Gasteiger partial charge is 0.493 e. The Kier molecular flexibility index (Phi) is 6.74. The second-order valence-corrected chi connectivity index (χ2v) is 4.00. The molecule has 2 N–H and O–H groups in total. The number of carbonyl (C=O) groups excluding carboxylic acids is 1. The molecule has 0 aliphatic rings. The highest BCUT2D eigenvalue weighted by Crippen LogP contribution is 2.30. The number of para-hydroxylation sites is 1. The lowest BCUT2D eigenvalue weighted by molar-refractivity contribution is 0.0949. The summed E-state index contributed by atoms with van der Waals surface area (Å²) in [5.41, 5.74) is 0.491. The molecule has 0 aliphatic heterocycles. The van der Waals surface area contributed by atoms with Gasteiger partial charge in [0.2, 0.25) is 0 Å². The minimum atomic E-state index is -0.146. The number of nitrogens with one attached hydrogen (secondary N) is 2.